The number of hydrogen-bond acceptors (Lipinski definition) is 3. The van der Waals surface area contributed by atoms with Crippen LogP contribution in [-0.2, 0) is 0 Å². The van der Waals surface area contributed by atoms with Crippen molar-refractivity contribution in [3.05, 3.63) is 35.5 Å². The number of nitrogens with zero attached hydrogens (tertiary/aromatic N) is 1. The van der Waals surface area contributed by atoms with Gasteiger partial charge in [0.1, 0.15) is 0 Å². The van der Waals surface area contributed by atoms with Crippen LogP contribution in [0.25, 0.3) is 0 Å². The lowest BCUT2D eigenvalue weighted by molar-refractivity contribution is 0.158. The molecule has 4 atom stereocenters. The molecule has 24 heavy (non-hydrogen) atoms. The molecule has 3 fully saturated rings. The van der Waals surface area contributed by atoms with Crippen LogP contribution in [0.1, 0.15) is 65.2 Å². The van der Waals surface area contributed by atoms with Gasteiger partial charge in [-0.15, -0.1) is 0 Å². The molecular formula is C21H31NO2. The van der Waals surface area contributed by atoms with Crippen LogP contribution in [0.4, 0.5) is 0 Å². The molecule has 0 aliphatic heterocycles. The molecule has 3 aliphatic carbocycles. The summed E-state index contributed by atoms with van der Waals surface area (Å²) in [6.45, 7) is 8.51. The summed E-state index contributed by atoms with van der Waals surface area (Å²) in [4.78, 5) is 0. The summed E-state index contributed by atoms with van der Waals surface area (Å²) in [5.74, 6) is 0.988. The van der Waals surface area contributed by atoms with Crippen molar-refractivity contribution in [2.45, 2.75) is 71.3 Å². The lowest BCUT2D eigenvalue weighted by Gasteiger charge is -2.42. The van der Waals surface area contributed by atoms with E-state index in [-0.39, 0.29) is 11.5 Å². The van der Waals surface area contributed by atoms with E-state index in [4.69, 9.17) is 0 Å². The van der Waals surface area contributed by atoms with Crippen molar-refractivity contribution < 1.29 is 10.3 Å². The van der Waals surface area contributed by atoms with Gasteiger partial charge in [-0.05, 0) is 75.2 Å². The number of aliphatic hydroxyl groups excluding tert-OH is 1. The Morgan fingerprint density at radius 1 is 1.25 bits per heavy atom. The summed E-state index contributed by atoms with van der Waals surface area (Å²) in [5, 5.41) is 22.6. The molecule has 0 amide bonds. The van der Waals surface area contributed by atoms with Crippen LogP contribution in [-0.4, -0.2) is 22.1 Å². The zero-order valence-electron chi connectivity index (χ0n) is 15.1. The Morgan fingerprint density at radius 3 is 2.79 bits per heavy atom. The molecule has 3 saturated carbocycles. The molecule has 0 spiro atoms. The fourth-order valence-corrected chi connectivity index (χ4v) is 5.39. The normalized spacial score (nSPS) is 41.0. The van der Waals surface area contributed by atoms with Gasteiger partial charge >= 0.3 is 0 Å². The molecule has 0 saturated heterocycles. The molecule has 3 aliphatic rings. The summed E-state index contributed by atoms with van der Waals surface area (Å²) >= 11 is 0. The molecule has 3 rings (SSSR count). The summed E-state index contributed by atoms with van der Waals surface area (Å²) < 4.78 is 0. The first-order valence-electron chi connectivity index (χ1n) is 9.40. The molecule has 0 bridgehead atoms. The molecule has 132 valence electrons. The predicted octanol–water partition coefficient (Wildman–Crippen LogP) is 5.01. The SMILES string of the molecule is C=C1CC[C@@H](O)CC1=CC=C1CCC[C@]2(C)[C@@H](C(C)=NO)CC[C@@H]12. The molecular weight excluding hydrogens is 298 g/mol. The van der Waals surface area contributed by atoms with Gasteiger partial charge < -0.3 is 10.3 Å². The lowest BCUT2D eigenvalue weighted by Crippen LogP contribution is -2.36. The molecule has 0 aromatic rings. The van der Waals surface area contributed by atoms with Crippen molar-refractivity contribution in [3.8, 4) is 0 Å². The Hall–Kier alpha value is -1.35. The second-order valence-electron chi connectivity index (χ2n) is 8.22. The minimum Gasteiger partial charge on any atom is -0.411 e. The number of hydrogen-bond donors (Lipinski definition) is 2. The Labute approximate surface area is 145 Å². The first-order chi connectivity index (χ1) is 11.5. The van der Waals surface area contributed by atoms with E-state index in [1.54, 1.807) is 0 Å². The first kappa shape index (κ1) is 17.5. The van der Waals surface area contributed by atoms with E-state index < -0.39 is 0 Å². The second kappa shape index (κ2) is 6.87. The average molecular weight is 329 g/mol. The smallest absolute Gasteiger partial charge is 0.0583 e. The number of oxime groups is 1. The molecule has 2 N–H and O–H groups in total. The van der Waals surface area contributed by atoms with Crippen LogP contribution < -0.4 is 0 Å². The van der Waals surface area contributed by atoms with Gasteiger partial charge in [-0.2, -0.15) is 0 Å². The van der Waals surface area contributed by atoms with Gasteiger partial charge in [0.15, 0.2) is 0 Å². The fraction of sp³-hybridized carbons (Fsp3) is 0.667. The third-order valence-corrected chi connectivity index (χ3v) is 6.81. The number of aliphatic hydroxyl groups is 1. The summed E-state index contributed by atoms with van der Waals surface area (Å²) in [6, 6.07) is 0. The Morgan fingerprint density at radius 2 is 2.04 bits per heavy atom. The summed E-state index contributed by atoms with van der Waals surface area (Å²) in [5.41, 5.74) is 5.06. The van der Waals surface area contributed by atoms with Crippen molar-refractivity contribution >= 4 is 5.71 Å². The fourth-order valence-electron chi connectivity index (χ4n) is 5.39. The standard InChI is InChI=1S/C21H31NO2/c1-14-6-9-18(23)13-17(14)8-7-16-5-4-12-21(3)19(15(2)22-24)10-11-20(16)21/h7-8,18-20,23-24H,1,4-6,9-13H2,2-3H3/t18-,19-,20+,21-/m1/s1. The molecule has 0 aromatic carbocycles. The number of rotatable bonds is 2. The molecule has 0 aromatic heterocycles. The van der Waals surface area contributed by atoms with Crippen molar-refractivity contribution in [1.29, 1.82) is 0 Å². The van der Waals surface area contributed by atoms with E-state index in [1.165, 1.54) is 42.4 Å². The third kappa shape index (κ3) is 3.11. The van der Waals surface area contributed by atoms with E-state index in [0.717, 1.165) is 31.4 Å². The Balaban J connectivity index is 1.83. The maximum Gasteiger partial charge on any atom is 0.0583 e. The monoisotopic (exact) mass is 329 g/mol. The minimum atomic E-state index is -0.212. The zero-order valence-corrected chi connectivity index (χ0v) is 15.1. The predicted molar refractivity (Wildman–Crippen MR) is 98.2 cm³/mol. The van der Waals surface area contributed by atoms with Crippen molar-refractivity contribution in [2.75, 3.05) is 0 Å². The minimum absolute atomic E-state index is 0.212. The average Bonchev–Trinajstić information content (AvgIpc) is 2.92. The van der Waals surface area contributed by atoms with Gasteiger partial charge in [0, 0.05) is 5.92 Å². The van der Waals surface area contributed by atoms with Gasteiger partial charge in [0.25, 0.3) is 0 Å². The van der Waals surface area contributed by atoms with Crippen molar-refractivity contribution in [1.82, 2.24) is 0 Å². The quantitative estimate of drug-likeness (QED) is 0.425. The van der Waals surface area contributed by atoms with E-state index in [0.29, 0.717) is 11.8 Å². The summed E-state index contributed by atoms with van der Waals surface area (Å²) in [7, 11) is 0. The van der Waals surface area contributed by atoms with Crippen LogP contribution >= 0.6 is 0 Å². The van der Waals surface area contributed by atoms with E-state index in [2.05, 4.69) is 30.8 Å². The maximum atomic E-state index is 9.91. The van der Waals surface area contributed by atoms with Crippen LogP contribution in [0.15, 0.2) is 40.6 Å². The molecule has 3 nitrogen and oxygen atoms in total. The van der Waals surface area contributed by atoms with Crippen LogP contribution in [0.5, 0.6) is 0 Å². The zero-order chi connectivity index (χ0) is 17.3. The largest absolute Gasteiger partial charge is 0.411 e. The summed E-state index contributed by atoms with van der Waals surface area (Å²) in [6.07, 6.45) is 12.7. The highest BCUT2D eigenvalue weighted by atomic mass is 16.4. The second-order valence-corrected chi connectivity index (χ2v) is 8.22. The third-order valence-electron chi connectivity index (χ3n) is 6.81. The highest BCUT2D eigenvalue weighted by Crippen LogP contribution is 2.57. The Bertz CT molecular complexity index is 601. The lowest BCUT2D eigenvalue weighted by atomic mass is 9.62. The highest BCUT2D eigenvalue weighted by molar-refractivity contribution is 5.85. The molecule has 0 unspecified atom stereocenters. The van der Waals surface area contributed by atoms with Gasteiger partial charge in [-0.25, -0.2) is 0 Å². The van der Waals surface area contributed by atoms with Crippen molar-refractivity contribution in [3.63, 3.8) is 0 Å². The van der Waals surface area contributed by atoms with Gasteiger partial charge in [-0.3, -0.25) is 0 Å². The molecule has 0 heterocycles. The van der Waals surface area contributed by atoms with Gasteiger partial charge in [0.05, 0.1) is 11.8 Å². The van der Waals surface area contributed by atoms with E-state index in [1.807, 2.05) is 6.92 Å². The highest BCUT2D eigenvalue weighted by Gasteiger charge is 2.50. The van der Waals surface area contributed by atoms with E-state index in [9.17, 15) is 10.3 Å². The number of fused-ring (bicyclic) bond motifs is 1. The van der Waals surface area contributed by atoms with Crippen LogP contribution in [0.2, 0.25) is 0 Å². The van der Waals surface area contributed by atoms with E-state index >= 15 is 0 Å². The molecule has 3 heteroatoms. The van der Waals surface area contributed by atoms with Gasteiger partial charge in [0.2, 0.25) is 0 Å². The number of allylic oxidation sites excluding steroid dienone is 4. The first-order valence-corrected chi connectivity index (χ1v) is 9.40. The van der Waals surface area contributed by atoms with Crippen molar-refractivity contribution in [2.24, 2.45) is 22.4 Å². The maximum absolute atomic E-state index is 9.91. The van der Waals surface area contributed by atoms with Crippen LogP contribution in [0, 0.1) is 17.3 Å². The topological polar surface area (TPSA) is 52.8 Å². The Kier molecular flexibility index (Phi) is 5.00. The van der Waals surface area contributed by atoms with Crippen LogP contribution in [0.3, 0.4) is 0 Å². The van der Waals surface area contributed by atoms with Gasteiger partial charge in [-0.1, -0.05) is 42.0 Å². The molecule has 0 radical (unpaired) electrons.